The minimum atomic E-state index is -0.154. The third-order valence-electron chi connectivity index (χ3n) is 6.84. The second-order valence-electron chi connectivity index (χ2n) is 9.72. The first-order valence-corrected chi connectivity index (χ1v) is 11.9. The average Bonchev–Trinajstić information content (AvgIpc) is 3.50. The van der Waals surface area contributed by atoms with E-state index in [1.165, 1.54) is 5.56 Å². The number of benzene rings is 1. The molecule has 9 nitrogen and oxygen atoms in total. The number of anilines is 2. The summed E-state index contributed by atoms with van der Waals surface area (Å²) in [5.74, 6) is 2.00. The van der Waals surface area contributed by atoms with E-state index >= 15 is 0 Å². The number of piperidine rings is 1. The SMILES string of the molecule is CCC(C)(C)c1nc(-c2cccc(Nc3ncnn4ccc(CN5CCC(N)CC5)c34)c2)no1. The second-order valence-corrected chi connectivity index (χ2v) is 9.72. The molecule has 178 valence electrons. The van der Waals surface area contributed by atoms with E-state index in [2.05, 4.69) is 57.3 Å². The summed E-state index contributed by atoms with van der Waals surface area (Å²) in [6.07, 6.45) is 6.55. The van der Waals surface area contributed by atoms with Gasteiger partial charge in [-0.1, -0.05) is 38.1 Å². The fourth-order valence-corrected chi connectivity index (χ4v) is 4.23. The summed E-state index contributed by atoms with van der Waals surface area (Å²) in [7, 11) is 0. The molecular weight excluding hydrogens is 428 g/mol. The molecule has 4 aromatic rings. The first-order valence-electron chi connectivity index (χ1n) is 11.9. The molecule has 0 unspecified atom stereocenters. The molecule has 0 atom stereocenters. The van der Waals surface area contributed by atoms with Gasteiger partial charge in [0.25, 0.3) is 0 Å². The third kappa shape index (κ3) is 4.53. The van der Waals surface area contributed by atoms with Crippen LogP contribution in [0.4, 0.5) is 11.5 Å². The number of likely N-dealkylation sites (tertiary alicyclic amines) is 1. The van der Waals surface area contributed by atoms with Gasteiger partial charge in [-0.05, 0) is 56.1 Å². The van der Waals surface area contributed by atoms with Crippen molar-refractivity contribution in [2.24, 2.45) is 5.73 Å². The minimum absolute atomic E-state index is 0.154. The van der Waals surface area contributed by atoms with Crippen LogP contribution in [-0.4, -0.2) is 48.8 Å². The standard InChI is InChI=1S/C25H32N8O/c1-4-25(2,3)24-30-22(31-34-24)17-6-5-7-20(14-17)29-23-21-18(8-13-33(21)28-16-27-23)15-32-11-9-19(26)10-12-32/h5-8,13-14,16,19H,4,9-12,15,26H2,1-3H3,(H,27,28,29). The molecule has 1 fully saturated rings. The van der Waals surface area contributed by atoms with Gasteiger partial charge in [0.15, 0.2) is 5.82 Å². The fraction of sp³-hybridized carbons (Fsp3) is 0.440. The molecule has 3 N–H and O–H groups in total. The zero-order valence-electron chi connectivity index (χ0n) is 20.0. The number of hydrogen-bond acceptors (Lipinski definition) is 8. The number of fused-ring (bicyclic) bond motifs is 1. The number of nitrogens with zero attached hydrogens (tertiary/aromatic N) is 6. The van der Waals surface area contributed by atoms with Gasteiger partial charge in [-0.15, -0.1) is 0 Å². The van der Waals surface area contributed by atoms with Crippen LogP contribution in [0.15, 0.2) is 47.4 Å². The topological polar surface area (TPSA) is 110 Å². The summed E-state index contributed by atoms with van der Waals surface area (Å²) in [6.45, 7) is 9.21. The molecule has 0 bridgehead atoms. The third-order valence-corrected chi connectivity index (χ3v) is 6.84. The van der Waals surface area contributed by atoms with Crippen LogP contribution in [0.5, 0.6) is 0 Å². The van der Waals surface area contributed by atoms with Crippen LogP contribution in [-0.2, 0) is 12.0 Å². The quantitative estimate of drug-likeness (QED) is 0.423. The normalized spacial score (nSPS) is 15.8. The Kier molecular flexibility index (Phi) is 6.05. The molecule has 0 aliphatic carbocycles. The Bertz CT molecular complexity index is 1270. The number of nitrogens with one attached hydrogen (secondary N) is 1. The first kappa shape index (κ1) is 22.5. The Hall–Kier alpha value is -3.30. The van der Waals surface area contributed by atoms with Gasteiger partial charge >= 0.3 is 0 Å². The largest absolute Gasteiger partial charge is 0.338 e. The van der Waals surface area contributed by atoms with Crippen molar-refractivity contribution >= 4 is 17.0 Å². The molecule has 1 aromatic carbocycles. The van der Waals surface area contributed by atoms with Gasteiger partial charge in [-0.2, -0.15) is 10.1 Å². The summed E-state index contributed by atoms with van der Waals surface area (Å²) >= 11 is 0. The zero-order valence-corrected chi connectivity index (χ0v) is 20.0. The highest BCUT2D eigenvalue weighted by Gasteiger charge is 2.26. The van der Waals surface area contributed by atoms with Crippen molar-refractivity contribution in [3.63, 3.8) is 0 Å². The monoisotopic (exact) mass is 460 g/mol. The molecule has 1 aliphatic rings. The predicted molar refractivity (Wildman–Crippen MR) is 132 cm³/mol. The van der Waals surface area contributed by atoms with Crippen molar-refractivity contribution in [1.29, 1.82) is 0 Å². The molecule has 1 saturated heterocycles. The highest BCUT2D eigenvalue weighted by atomic mass is 16.5. The Labute approximate surface area is 199 Å². The van der Waals surface area contributed by atoms with Crippen LogP contribution in [0.3, 0.4) is 0 Å². The maximum Gasteiger partial charge on any atom is 0.232 e. The second kappa shape index (κ2) is 9.15. The minimum Gasteiger partial charge on any atom is -0.338 e. The van der Waals surface area contributed by atoms with Crippen molar-refractivity contribution in [1.82, 2.24) is 29.6 Å². The van der Waals surface area contributed by atoms with E-state index in [4.69, 9.17) is 10.3 Å². The van der Waals surface area contributed by atoms with Crippen molar-refractivity contribution in [3.8, 4) is 11.4 Å². The lowest BCUT2D eigenvalue weighted by molar-refractivity contribution is 0.206. The van der Waals surface area contributed by atoms with Crippen LogP contribution in [0.1, 0.15) is 51.5 Å². The van der Waals surface area contributed by atoms with Crippen LogP contribution in [0, 0.1) is 0 Å². The number of rotatable bonds is 7. The van der Waals surface area contributed by atoms with Gasteiger partial charge in [0, 0.05) is 35.4 Å². The molecule has 0 radical (unpaired) electrons. The van der Waals surface area contributed by atoms with Crippen molar-refractivity contribution in [2.75, 3.05) is 18.4 Å². The number of aromatic nitrogens is 5. The van der Waals surface area contributed by atoms with Gasteiger partial charge < -0.3 is 15.6 Å². The highest BCUT2D eigenvalue weighted by molar-refractivity contribution is 5.77. The van der Waals surface area contributed by atoms with E-state index < -0.39 is 0 Å². The van der Waals surface area contributed by atoms with Crippen LogP contribution < -0.4 is 11.1 Å². The summed E-state index contributed by atoms with van der Waals surface area (Å²) < 4.78 is 7.43. The van der Waals surface area contributed by atoms with E-state index in [0.717, 1.165) is 61.5 Å². The molecule has 4 heterocycles. The van der Waals surface area contributed by atoms with Crippen LogP contribution in [0.25, 0.3) is 16.9 Å². The number of nitrogens with two attached hydrogens (primary N) is 1. The lowest BCUT2D eigenvalue weighted by Gasteiger charge is -2.29. The predicted octanol–water partition coefficient (Wildman–Crippen LogP) is 4.13. The van der Waals surface area contributed by atoms with Gasteiger partial charge in [-0.3, -0.25) is 4.90 Å². The Morgan fingerprint density at radius 2 is 2.03 bits per heavy atom. The molecular formula is C25H32N8O. The van der Waals surface area contributed by atoms with Gasteiger partial charge in [0.2, 0.25) is 11.7 Å². The van der Waals surface area contributed by atoms with E-state index in [0.29, 0.717) is 17.8 Å². The smallest absolute Gasteiger partial charge is 0.232 e. The van der Waals surface area contributed by atoms with Crippen LogP contribution >= 0.6 is 0 Å². The summed E-state index contributed by atoms with van der Waals surface area (Å²) in [5.41, 5.74) is 9.88. The fourth-order valence-electron chi connectivity index (χ4n) is 4.23. The van der Waals surface area contributed by atoms with E-state index in [9.17, 15) is 0 Å². The highest BCUT2D eigenvalue weighted by Crippen LogP contribution is 2.29. The Morgan fingerprint density at radius 1 is 1.21 bits per heavy atom. The average molecular weight is 461 g/mol. The summed E-state index contributed by atoms with van der Waals surface area (Å²) in [5, 5.41) is 12.1. The molecule has 0 spiro atoms. The Morgan fingerprint density at radius 3 is 2.82 bits per heavy atom. The van der Waals surface area contributed by atoms with Gasteiger partial charge in [0.1, 0.15) is 11.8 Å². The maximum absolute atomic E-state index is 6.08. The maximum atomic E-state index is 6.08. The van der Waals surface area contributed by atoms with Crippen molar-refractivity contribution in [2.45, 2.75) is 58.0 Å². The summed E-state index contributed by atoms with van der Waals surface area (Å²) in [6, 6.07) is 10.4. The van der Waals surface area contributed by atoms with E-state index in [1.54, 1.807) is 6.33 Å². The molecule has 0 amide bonds. The lowest BCUT2D eigenvalue weighted by atomic mass is 9.90. The molecule has 1 aliphatic heterocycles. The van der Waals surface area contributed by atoms with E-state index in [1.807, 2.05) is 35.0 Å². The summed E-state index contributed by atoms with van der Waals surface area (Å²) in [4.78, 5) is 11.7. The van der Waals surface area contributed by atoms with Crippen molar-refractivity contribution in [3.05, 3.63) is 54.3 Å². The number of hydrogen-bond donors (Lipinski definition) is 2. The van der Waals surface area contributed by atoms with Gasteiger partial charge in [-0.25, -0.2) is 9.50 Å². The van der Waals surface area contributed by atoms with Crippen LogP contribution in [0.2, 0.25) is 0 Å². The molecule has 3 aromatic heterocycles. The molecule has 34 heavy (non-hydrogen) atoms. The Balaban J connectivity index is 1.40. The molecule has 0 saturated carbocycles. The lowest BCUT2D eigenvalue weighted by Crippen LogP contribution is -2.39. The first-order chi connectivity index (χ1) is 16.4. The van der Waals surface area contributed by atoms with Gasteiger partial charge in [0.05, 0.1) is 0 Å². The van der Waals surface area contributed by atoms with Crippen molar-refractivity contribution < 1.29 is 4.52 Å². The van der Waals surface area contributed by atoms with E-state index in [-0.39, 0.29) is 5.41 Å². The molecule has 5 rings (SSSR count). The molecule has 9 heteroatoms. The zero-order chi connectivity index (χ0) is 23.7.